The Morgan fingerprint density at radius 3 is 2.90 bits per heavy atom. The molecule has 21 heavy (non-hydrogen) atoms. The van der Waals surface area contributed by atoms with E-state index >= 15 is 0 Å². The summed E-state index contributed by atoms with van der Waals surface area (Å²) in [6.45, 7) is 1.20. The predicted octanol–water partition coefficient (Wildman–Crippen LogP) is 2.97. The summed E-state index contributed by atoms with van der Waals surface area (Å²) < 4.78 is 2.15. The van der Waals surface area contributed by atoms with Crippen molar-refractivity contribution in [2.24, 2.45) is 5.73 Å². The topological polar surface area (TPSA) is 43.8 Å². The Morgan fingerprint density at radius 1 is 1.24 bits per heavy atom. The molecular weight excluding hydrogens is 278 g/mol. The van der Waals surface area contributed by atoms with Crippen molar-refractivity contribution in [1.82, 2.24) is 9.55 Å². The molecule has 4 heteroatoms. The van der Waals surface area contributed by atoms with Gasteiger partial charge in [0.25, 0.3) is 0 Å². The first-order valence-corrected chi connectivity index (χ1v) is 7.57. The standard InChI is InChI=1S/C17H15N3S/c18-8-4-5-14-11-16(21-13-14)12-20-10-9-19-17(20)15-6-2-1-3-7-15/h1-3,6-7,9-11,13H,8,12,18H2. The van der Waals surface area contributed by atoms with E-state index < -0.39 is 0 Å². The molecule has 0 saturated carbocycles. The fourth-order valence-corrected chi connectivity index (χ4v) is 2.95. The molecule has 0 aliphatic heterocycles. The summed E-state index contributed by atoms with van der Waals surface area (Å²) in [6, 6.07) is 12.3. The van der Waals surface area contributed by atoms with Crippen LogP contribution in [0.15, 0.2) is 54.2 Å². The highest BCUT2D eigenvalue weighted by Gasteiger charge is 2.07. The molecule has 0 bridgehead atoms. The molecule has 0 saturated heterocycles. The smallest absolute Gasteiger partial charge is 0.140 e. The average molecular weight is 293 g/mol. The van der Waals surface area contributed by atoms with Crippen LogP contribution in [0.4, 0.5) is 0 Å². The first-order chi connectivity index (χ1) is 10.4. The second-order valence-corrected chi connectivity index (χ2v) is 5.55. The Hall–Kier alpha value is -2.35. The van der Waals surface area contributed by atoms with Crippen molar-refractivity contribution >= 4 is 11.3 Å². The minimum Gasteiger partial charge on any atom is -0.326 e. The van der Waals surface area contributed by atoms with E-state index in [9.17, 15) is 0 Å². The molecule has 2 aromatic heterocycles. The molecule has 0 amide bonds. The van der Waals surface area contributed by atoms with E-state index in [1.165, 1.54) is 4.88 Å². The first-order valence-electron chi connectivity index (χ1n) is 6.70. The summed E-state index contributed by atoms with van der Waals surface area (Å²) in [7, 11) is 0. The SMILES string of the molecule is NCC#Cc1csc(Cn2ccnc2-c2ccccc2)c1. The maximum atomic E-state index is 5.39. The van der Waals surface area contributed by atoms with Gasteiger partial charge >= 0.3 is 0 Å². The normalized spacial score (nSPS) is 10.1. The third-order valence-corrected chi connectivity index (χ3v) is 3.98. The second-order valence-electron chi connectivity index (χ2n) is 4.55. The molecule has 0 aliphatic rings. The molecule has 3 rings (SSSR count). The van der Waals surface area contributed by atoms with Crippen LogP contribution in [0, 0.1) is 11.8 Å². The van der Waals surface area contributed by atoms with Crippen molar-refractivity contribution in [3.05, 3.63) is 64.6 Å². The molecule has 2 N–H and O–H groups in total. The highest BCUT2D eigenvalue weighted by molar-refractivity contribution is 7.10. The maximum Gasteiger partial charge on any atom is 0.140 e. The van der Waals surface area contributed by atoms with Crippen LogP contribution < -0.4 is 5.73 Å². The van der Waals surface area contributed by atoms with Crippen LogP contribution in [0.2, 0.25) is 0 Å². The van der Waals surface area contributed by atoms with Crippen molar-refractivity contribution in [2.75, 3.05) is 6.54 Å². The Kier molecular flexibility index (Phi) is 4.15. The van der Waals surface area contributed by atoms with Gasteiger partial charge in [-0.15, -0.1) is 11.3 Å². The number of aromatic nitrogens is 2. The van der Waals surface area contributed by atoms with E-state index in [4.69, 9.17) is 5.73 Å². The van der Waals surface area contributed by atoms with Gasteiger partial charge in [-0.2, -0.15) is 0 Å². The minimum atomic E-state index is 0.394. The highest BCUT2D eigenvalue weighted by atomic mass is 32.1. The maximum absolute atomic E-state index is 5.39. The van der Waals surface area contributed by atoms with Crippen molar-refractivity contribution in [3.63, 3.8) is 0 Å². The number of imidazole rings is 1. The summed E-state index contributed by atoms with van der Waals surface area (Å²) in [5, 5.41) is 2.07. The fourth-order valence-electron chi connectivity index (χ4n) is 2.13. The lowest BCUT2D eigenvalue weighted by Gasteiger charge is -2.06. The van der Waals surface area contributed by atoms with Gasteiger partial charge in [0.05, 0.1) is 13.1 Å². The fraction of sp³-hybridized carbons (Fsp3) is 0.118. The first kappa shape index (κ1) is 13.6. The van der Waals surface area contributed by atoms with Gasteiger partial charge in [-0.1, -0.05) is 42.2 Å². The molecule has 3 nitrogen and oxygen atoms in total. The molecule has 3 aromatic rings. The molecule has 0 spiro atoms. The van der Waals surface area contributed by atoms with E-state index in [2.05, 4.69) is 45.0 Å². The molecule has 0 fully saturated rings. The van der Waals surface area contributed by atoms with Crippen LogP contribution in [-0.2, 0) is 6.54 Å². The molecule has 0 aliphatic carbocycles. The molecule has 104 valence electrons. The van der Waals surface area contributed by atoms with E-state index in [0.717, 1.165) is 23.5 Å². The van der Waals surface area contributed by atoms with Crippen molar-refractivity contribution in [1.29, 1.82) is 0 Å². The zero-order chi connectivity index (χ0) is 14.5. The molecule has 0 unspecified atom stereocenters. The molecular formula is C17H15N3S. The molecule has 0 radical (unpaired) electrons. The van der Waals surface area contributed by atoms with Crippen LogP contribution in [0.1, 0.15) is 10.4 Å². The summed E-state index contributed by atoms with van der Waals surface area (Å²) in [5.41, 5.74) is 7.55. The number of rotatable bonds is 3. The predicted molar refractivity (Wildman–Crippen MR) is 87.0 cm³/mol. The van der Waals surface area contributed by atoms with E-state index in [-0.39, 0.29) is 0 Å². The average Bonchev–Trinajstić information content (AvgIpc) is 3.16. The van der Waals surface area contributed by atoms with Gasteiger partial charge < -0.3 is 10.3 Å². The highest BCUT2D eigenvalue weighted by Crippen LogP contribution is 2.21. The van der Waals surface area contributed by atoms with Crippen LogP contribution in [0.3, 0.4) is 0 Å². The van der Waals surface area contributed by atoms with Crippen LogP contribution >= 0.6 is 11.3 Å². The lowest BCUT2D eigenvalue weighted by atomic mass is 10.2. The third kappa shape index (κ3) is 3.22. The van der Waals surface area contributed by atoms with Crippen molar-refractivity contribution in [3.8, 4) is 23.2 Å². The number of thiophene rings is 1. The van der Waals surface area contributed by atoms with Crippen molar-refractivity contribution in [2.45, 2.75) is 6.54 Å². The van der Waals surface area contributed by atoms with E-state index in [1.54, 1.807) is 11.3 Å². The zero-order valence-corrected chi connectivity index (χ0v) is 12.3. The van der Waals surface area contributed by atoms with Gasteiger partial charge in [0.1, 0.15) is 5.82 Å². The number of hydrogen-bond acceptors (Lipinski definition) is 3. The van der Waals surface area contributed by atoms with Gasteiger partial charge in [0.15, 0.2) is 0 Å². The number of benzene rings is 1. The molecule has 2 heterocycles. The summed E-state index contributed by atoms with van der Waals surface area (Å²) >= 11 is 1.71. The lowest BCUT2D eigenvalue weighted by Crippen LogP contribution is -1.99. The van der Waals surface area contributed by atoms with Crippen LogP contribution in [0.5, 0.6) is 0 Å². The Bertz CT molecular complexity index is 775. The summed E-state index contributed by atoms with van der Waals surface area (Å²) in [6.07, 6.45) is 3.85. The largest absolute Gasteiger partial charge is 0.326 e. The Labute approximate surface area is 128 Å². The quantitative estimate of drug-likeness (QED) is 0.755. The van der Waals surface area contributed by atoms with Crippen LogP contribution in [-0.4, -0.2) is 16.1 Å². The minimum absolute atomic E-state index is 0.394. The molecule has 1 aromatic carbocycles. The van der Waals surface area contributed by atoms with Gasteiger partial charge in [0.2, 0.25) is 0 Å². The van der Waals surface area contributed by atoms with Gasteiger partial charge in [-0.25, -0.2) is 4.98 Å². The molecule has 0 atom stereocenters. The van der Waals surface area contributed by atoms with Crippen molar-refractivity contribution < 1.29 is 0 Å². The second kappa shape index (κ2) is 6.40. The Morgan fingerprint density at radius 2 is 2.10 bits per heavy atom. The lowest BCUT2D eigenvalue weighted by molar-refractivity contribution is 0.820. The van der Waals surface area contributed by atoms with Crippen LogP contribution in [0.25, 0.3) is 11.4 Å². The Balaban J connectivity index is 1.83. The summed E-state index contributed by atoms with van der Waals surface area (Å²) in [5.74, 6) is 6.93. The zero-order valence-electron chi connectivity index (χ0n) is 11.5. The monoisotopic (exact) mass is 293 g/mol. The third-order valence-electron chi connectivity index (χ3n) is 3.06. The van der Waals surface area contributed by atoms with Gasteiger partial charge in [0, 0.05) is 33.8 Å². The summed E-state index contributed by atoms with van der Waals surface area (Å²) in [4.78, 5) is 5.72. The van der Waals surface area contributed by atoms with E-state index in [0.29, 0.717) is 6.54 Å². The van der Waals surface area contributed by atoms with Gasteiger partial charge in [-0.3, -0.25) is 0 Å². The van der Waals surface area contributed by atoms with E-state index in [1.807, 2.05) is 30.6 Å². The number of nitrogens with two attached hydrogens (primary N) is 1. The number of hydrogen-bond donors (Lipinski definition) is 1. The van der Waals surface area contributed by atoms with Gasteiger partial charge in [-0.05, 0) is 6.07 Å². The number of nitrogens with zero attached hydrogens (tertiary/aromatic N) is 2.